The Labute approximate surface area is 171 Å². The quantitative estimate of drug-likeness (QED) is 0.467. The largest absolute Gasteiger partial charge is 0.339 e. The van der Waals surface area contributed by atoms with Crippen LogP contribution in [-0.4, -0.2) is 47.3 Å². The normalized spacial score (nSPS) is 10.9. The highest BCUT2D eigenvalue weighted by atomic mass is 16.1. The average molecular weight is 402 g/mol. The number of nitrogens with one attached hydrogen (secondary N) is 2. The van der Waals surface area contributed by atoms with Crippen LogP contribution in [0.15, 0.2) is 42.9 Å². The van der Waals surface area contributed by atoms with Crippen molar-refractivity contribution in [2.45, 2.75) is 19.9 Å². The Morgan fingerprint density at radius 2 is 2.17 bits per heavy atom. The molecule has 0 fully saturated rings. The molecule has 0 aliphatic heterocycles. The van der Waals surface area contributed by atoms with Crippen molar-refractivity contribution in [3.8, 4) is 17.5 Å². The number of carbonyl (C=O) groups excluding carboxylic acids is 1. The second-order valence-electron chi connectivity index (χ2n) is 6.71. The van der Waals surface area contributed by atoms with E-state index in [1.54, 1.807) is 21.6 Å². The molecule has 0 unspecified atom stereocenters. The van der Waals surface area contributed by atoms with E-state index in [4.69, 9.17) is 5.26 Å². The fourth-order valence-electron chi connectivity index (χ4n) is 2.88. The molecule has 11 nitrogen and oxygen atoms in total. The predicted octanol–water partition coefficient (Wildman–Crippen LogP) is 1.96. The maximum Gasteiger partial charge on any atom is 0.254 e. The second kappa shape index (κ2) is 7.96. The van der Waals surface area contributed by atoms with Gasteiger partial charge in [-0.1, -0.05) is 12.1 Å². The minimum Gasteiger partial charge on any atom is -0.339 e. The molecule has 0 aliphatic rings. The summed E-state index contributed by atoms with van der Waals surface area (Å²) in [4.78, 5) is 18.2. The summed E-state index contributed by atoms with van der Waals surface area (Å²) < 4.78 is 1.55. The van der Waals surface area contributed by atoms with Gasteiger partial charge in [-0.25, -0.2) is 9.50 Å². The molecule has 1 aromatic carbocycles. The molecule has 3 aromatic heterocycles. The topological polar surface area (TPSA) is 139 Å². The van der Waals surface area contributed by atoms with E-state index in [0.29, 0.717) is 22.7 Å². The number of carbonyl (C=O) groups is 1. The Bertz CT molecular complexity index is 1250. The van der Waals surface area contributed by atoms with Gasteiger partial charge in [0, 0.05) is 17.4 Å². The molecule has 0 bridgehead atoms. The molecule has 30 heavy (non-hydrogen) atoms. The fourth-order valence-corrected chi connectivity index (χ4v) is 2.88. The molecular formula is C19H18N10O. The van der Waals surface area contributed by atoms with Crippen LogP contribution in [0.2, 0.25) is 0 Å². The summed E-state index contributed by atoms with van der Waals surface area (Å²) in [6.45, 7) is 3.87. The first kappa shape index (κ1) is 19.0. The molecule has 0 radical (unpaired) electrons. The highest BCUT2D eigenvalue weighted by molar-refractivity contribution is 6.04. The molecule has 0 spiro atoms. The fraction of sp³-hybridized carbons (Fsp3) is 0.211. The maximum absolute atomic E-state index is 12.4. The molecule has 4 rings (SSSR count). The van der Waals surface area contributed by atoms with Crippen LogP contribution >= 0.6 is 0 Å². The van der Waals surface area contributed by atoms with Gasteiger partial charge in [-0.05, 0) is 37.3 Å². The Kier molecular flexibility index (Phi) is 5.04. The number of benzene rings is 1. The van der Waals surface area contributed by atoms with Crippen LogP contribution in [-0.2, 0) is 0 Å². The second-order valence-corrected chi connectivity index (χ2v) is 6.71. The Morgan fingerprint density at radius 3 is 2.93 bits per heavy atom. The van der Waals surface area contributed by atoms with Gasteiger partial charge in [-0.2, -0.15) is 15.2 Å². The summed E-state index contributed by atoms with van der Waals surface area (Å²) in [6.07, 6.45) is 3.06. The number of rotatable bonds is 6. The number of fused-ring (bicyclic) bond motifs is 1. The summed E-state index contributed by atoms with van der Waals surface area (Å²) >= 11 is 0. The molecule has 150 valence electrons. The summed E-state index contributed by atoms with van der Waals surface area (Å²) in [7, 11) is 0. The zero-order valence-electron chi connectivity index (χ0n) is 16.3. The minimum absolute atomic E-state index is 0.0846. The number of hydrogen-bond acceptors (Lipinski definition) is 8. The van der Waals surface area contributed by atoms with E-state index in [2.05, 4.69) is 36.1 Å². The third kappa shape index (κ3) is 3.66. The van der Waals surface area contributed by atoms with Crippen molar-refractivity contribution in [1.29, 1.82) is 5.26 Å². The van der Waals surface area contributed by atoms with Crippen molar-refractivity contribution in [3.05, 3.63) is 48.4 Å². The van der Waals surface area contributed by atoms with E-state index in [1.165, 1.54) is 6.33 Å². The first-order valence-corrected chi connectivity index (χ1v) is 9.21. The molecule has 0 saturated heterocycles. The van der Waals surface area contributed by atoms with E-state index in [9.17, 15) is 4.79 Å². The van der Waals surface area contributed by atoms with Gasteiger partial charge in [0.05, 0.1) is 17.7 Å². The molecule has 1 amide bonds. The number of nitriles is 1. The Hall–Kier alpha value is -4.33. The molecular weight excluding hydrogens is 384 g/mol. The van der Waals surface area contributed by atoms with Gasteiger partial charge in [0.2, 0.25) is 5.82 Å². The first-order valence-electron chi connectivity index (χ1n) is 9.21. The van der Waals surface area contributed by atoms with Crippen LogP contribution in [0.25, 0.3) is 16.9 Å². The van der Waals surface area contributed by atoms with Crippen molar-refractivity contribution < 1.29 is 4.79 Å². The Balaban J connectivity index is 1.67. The van der Waals surface area contributed by atoms with Crippen molar-refractivity contribution in [1.82, 2.24) is 40.1 Å². The SMILES string of the molecule is CC(C)n1nnc(-c2cccc(Nc3ncnn4ccc(C(=O)NCC#N)c34)c2)n1. The molecule has 0 atom stereocenters. The lowest BCUT2D eigenvalue weighted by atomic mass is 10.2. The number of nitrogens with zero attached hydrogens (tertiary/aromatic N) is 8. The zero-order chi connectivity index (χ0) is 21.1. The van der Waals surface area contributed by atoms with E-state index < -0.39 is 0 Å². The summed E-state index contributed by atoms with van der Waals surface area (Å²) in [5.74, 6) is 0.590. The third-order valence-corrected chi connectivity index (χ3v) is 4.30. The smallest absolute Gasteiger partial charge is 0.254 e. The van der Waals surface area contributed by atoms with Crippen molar-refractivity contribution in [2.24, 2.45) is 0 Å². The highest BCUT2D eigenvalue weighted by Gasteiger charge is 2.16. The van der Waals surface area contributed by atoms with Crippen LogP contribution < -0.4 is 10.6 Å². The van der Waals surface area contributed by atoms with E-state index in [0.717, 1.165) is 11.3 Å². The molecule has 4 aromatic rings. The average Bonchev–Trinajstić information content (AvgIpc) is 3.40. The number of amides is 1. The number of tetrazole rings is 1. The lowest BCUT2D eigenvalue weighted by Crippen LogP contribution is -2.23. The predicted molar refractivity (Wildman–Crippen MR) is 108 cm³/mol. The Morgan fingerprint density at radius 1 is 1.30 bits per heavy atom. The summed E-state index contributed by atoms with van der Waals surface area (Å²) in [5.41, 5.74) is 2.39. The lowest BCUT2D eigenvalue weighted by Gasteiger charge is -2.09. The van der Waals surface area contributed by atoms with Crippen LogP contribution in [0, 0.1) is 11.3 Å². The van der Waals surface area contributed by atoms with Gasteiger partial charge in [0.25, 0.3) is 5.91 Å². The maximum atomic E-state index is 12.4. The van der Waals surface area contributed by atoms with Gasteiger partial charge in [-0.3, -0.25) is 4.79 Å². The van der Waals surface area contributed by atoms with Crippen molar-refractivity contribution in [2.75, 3.05) is 11.9 Å². The summed E-state index contributed by atoms with van der Waals surface area (Å²) in [5, 5.41) is 31.2. The van der Waals surface area contributed by atoms with Crippen molar-refractivity contribution >= 4 is 22.9 Å². The van der Waals surface area contributed by atoms with E-state index in [1.807, 2.05) is 44.2 Å². The molecule has 0 aliphatic carbocycles. The third-order valence-electron chi connectivity index (χ3n) is 4.30. The van der Waals surface area contributed by atoms with Crippen LogP contribution in [0.1, 0.15) is 30.2 Å². The lowest BCUT2D eigenvalue weighted by molar-refractivity contribution is 0.0960. The minimum atomic E-state index is -0.375. The van der Waals surface area contributed by atoms with Gasteiger partial charge >= 0.3 is 0 Å². The standard InChI is InChI=1S/C19H18N10O/c1-12(2)29-26-17(25-27-29)13-4-3-5-14(10-13)24-18-16-15(19(30)21-8-7-20)6-9-28(16)23-11-22-18/h3-6,9-12H,8H2,1-2H3,(H,21,30)(H,22,23,24). The van der Waals surface area contributed by atoms with Crippen LogP contribution in [0.5, 0.6) is 0 Å². The highest BCUT2D eigenvalue weighted by Crippen LogP contribution is 2.25. The van der Waals surface area contributed by atoms with Gasteiger partial charge in [0.15, 0.2) is 5.82 Å². The van der Waals surface area contributed by atoms with Gasteiger partial charge in [0.1, 0.15) is 18.4 Å². The number of aromatic nitrogens is 7. The van der Waals surface area contributed by atoms with Crippen LogP contribution in [0.4, 0.5) is 11.5 Å². The summed E-state index contributed by atoms with van der Waals surface area (Å²) in [6, 6.07) is 11.1. The van der Waals surface area contributed by atoms with Gasteiger partial charge in [-0.15, -0.1) is 10.2 Å². The first-order chi connectivity index (χ1) is 14.6. The molecule has 0 saturated carbocycles. The number of anilines is 2. The van der Waals surface area contributed by atoms with Crippen molar-refractivity contribution in [3.63, 3.8) is 0 Å². The van der Waals surface area contributed by atoms with E-state index in [-0.39, 0.29) is 18.5 Å². The molecule has 3 heterocycles. The van der Waals surface area contributed by atoms with E-state index >= 15 is 0 Å². The molecule has 11 heteroatoms. The molecule has 2 N–H and O–H groups in total. The van der Waals surface area contributed by atoms with Gasteiger partial charge < -0.3 is 10.6 Å². The number of hydrogen-bond donors (Lipinski definition) is 2. The van der Waals surface area contributed by atoms with Crippen LogP contribution in [0.3, 0.4) is 0 Å². The zero-order valence-corrected chi connectivity index (χ0v) is 16.3. The monoisotopic (exact) mass is 402 g/mol.